The monoisotopic (exact) mass is 186 g/mol. The van der Waals surface area contributed by atoms with Crippen molar-refractivity contribution in [3.8, 4) is 0 Å². The Hall–Kier alpha value is -0.570. The second-order valence-electron chi connectivity index (χ2n) is 3.87. The third-order valence-electron chi connectivity index (χ3n) is 2.43. The summed E-state index contributed by atoms with van der Waals surface area (Å²) in [4.78, 5) is 13.4. The Morgan fingerprint density at radius 1 is 1.46 bits per heavy atom. The van der Waals surface area contributed by atoms with E-state index in [-0.39, 0.29) is 11.8 Å². The molecule has 3 heteroatoms. The molecule has 78 valence electrons. The predicted octanol–water partition coefficient (Wildman–Crippen LogP) is 1.09. The van der Waals surface area contributed by atoms with E-state index in [1.807, 2.05) is 14.0 Å². The maximum Gasteiger partial charge on any atom is 0.226 e. The highest BCUT2D eigenvalue weighted by Crippen LogP contribution is 2.05. The van der Waals surface area contributed by atoms with Crippen molar-refractivity contribution in [1.82, 2.24) is 4.90 Å². The molecule has 2 unspecified atom stereocenters. The Labute approximate surface area is 81.3 Å². The molecular formula is C10H22N2O. The van der Waals surface area contributed by atoms with Gasteiger partial charge in [0.2, 0.25) is 5.91 Å². The second kappa shape index (κ2) is 5.97. The van der Waals surface area contributed by atoms with Crippen LogP contribution in [-0.4, -0.2) is 30.9 Å². The second-order valence-corrected chi connectivity index (χ2v) is 3.87. The molecule has 0 saturated heterocycles. The molecule has 0 radical (unpaired) electrons. The van der Waals surface area contributed by atoms with Gasteiger partial charge >= 0.3 is 0 Å². The molecule has 0 aliphatic heterocycles. The standard InChI is InChI=1S/C10H22N2O/c1-5-8(2)7-12(4)10(13)9(3)6-11/h8-9H,5-7,11H2,1-4H3. The van der Waals surface area contributed by atoms with Gasteiger partial charge in [-0.05, 0) is 5.92 Å². The van der Waals surface area contributed by atoms with Crippen LogP contribution in [0.1, 0.15) is 27.2 Å². The Bertz CT molecular complexity index is 159. The van der Waals surface area contributed by atoms with Gasteiger partial charge in [-0.3, -0.25) is 4.79 Å². The van der Waals surface area contributed by atoms with Crippen molar-refractivity contribution in [3.63, 3.8) is 0 Å². The molecule has 13 heavy (non-hydrogen) atoms. The zero-order valence-corrected chi connectivity index (χ0v) is 9.21. The van der Waals surface area contributed by atoms with Crippen molar-refractivity contribution < 1.29 is 4.79 Å². The van der Waals surface area contributed by atoms with Gasteiger partial charge in [0.1, 0.15) is 0 Å². The van der Waals surface area contributed by atoms with E-state index >= 15 is 0 Å². The fourth-order valence-corrected chi connectivity index (χ4v) is 1.16. The van der Waals surface area contributed by atoms with Crippen LogP contribution in [0.2, 0.25) is 0 Å². The highest BCUT2D eigenvalue weighted by atomic mass is 16.2. The highest BCUT2D eigenvalue weighted by molar-refractivity contribution is 5.78. The molecule has 0 aromatic rings. The molecule has 0 aliphatic rings. The van der Waals surface area contributed by atoms with Crippen molar-refractivity contribution in [2.24, 2.45) is 17.6 Å². The Morgan fingerprint density at radius 2 is 2.00 bits per heavy atom. The first-order chi connectivity index (χ1) is 6.02. The first-order valence-electron chi connectivity index (χ1n) is 4.97. The topological polar surface area (TPSA) is 46.3 Å². The minimum atomic E-state index is -0.0472. The van der Waals surface area contributed by atoms with Gasteiger partial charge in [0.25, 0.3) is 0 Å². The summed E-state index contributed by atoms with van der Waals surface area (Å²) in [5.74, 6) is 0.677. The lowest BCUT2D eigenvalue weighted by Gasteiger charge is -2.23. The van der Waals surface area contributed by atoms with Crippen molar-refractivity contribution in [1.29, 1.82) is 0 Å². The number of amides is 1. The molecule has 0 bridgehead atoms. The molecule has 0 spiro atoms. The Balaban J connectivity index is 3.95. The summed E-state index contributed by atoms with van der Waals surface area (Å²) in [5.41, 5.74) is 5.43. The van der Waals surface area contributed by atoms with Gasteiger partial charge in [0.05, 0.1) is 0 Å². The maximum absolute atomic E-state index is 11.6. The van der Waals surface area contributed by atoms with Gasteiger partial charge in [-0.25, -0.2) is 0 Å². The SMILES string of the molecule is CCC(C)CN(C)C(=O)C(C)CN. The van der Waals surface area contributed by atoms with Crippen LogP contribution in [0.3, 0.4) is 0 Å². The summed E-state index contributed by atoms with van der Waals surface area (Å²) in [7, 11) is 1.85. The average Bonchev–Trinajstić information content (AvgIpc) is 2.14. The minimum Gasteiger partial charge on any atom is -0.345 e. The lowest BCUT2D eigenvalue weighted by atomic mass is 10.1. The van der Waals surface area contributed by atoms with E-state index in [1.165, 1.54) is 0 Å². The van der Waals surface area contributed by atoms with E-state index in [0.29, 0.717) is 12.5 Å². The first-order valence-corrected chi connectivity index (χ1v) is 4.97. The summed E-state index contributed by atoms with van der Waals surface area (Å²) in [6, 6.07) is 0. The fraction of sp³-hybridized carbons (Fsp3) is 0.900. The van der Waals surface area contributed by atoms with Crippen molar-refractivity contribution >= 4 is 5.91 Å². The van der Waals surface area contributed by atoms with Gasteiger partial charge in [-0.15, -0.1) is 0 Å². The zero-order valence-electron chi connectivity index (χ0n) is 9.21. The molecular weight excluding hydrogens is 164 g/mol. The molecule has 0 fully saturated rings. The smallest absolute Gasteiger partial charge is 0.226 e. The summed E-state index contributed by atoms with van der Waals surface area (Å²) in [6.45, 7) is 7.42. The average molecular weight is 186 g/mol. The molecule has 0 saturated carbocycles. The van der Waals surface area contributed by atoms with Gasteiger partial charge in [0, 0.05) is 26.1 Å². The first kappa shape index (κ1) is 12.4. The number of rotatable bonds is 5. The largest absolute Gasteiger partial charge is 0.345 e. The van der Waals surface area contributed by atoms with Crippen molar-refractivity contribution in [2.75, 3.05) is 20.1 Å². The summed E-state index contributed by atoms with van der Waals surface area (Å²) < 4.78 is 0. The van der Waals surface area contributed by atoms with Gasteiger partial charge in [0.15, 0.2) is 0 Å². The van der Waals surface area contributed by atoms with Gasteiger partial charge in [-0.2, -0.15) is 0 Å². The van der Waals surface area contributed by atoms with Crippen LogP contribution in [0.25, 0.3) is 0 Å². The van der Waals surface area contributed by atoms with Crippen molar-refractivity contribution in [3.05, 3.63) is 0 Å². The molecule has 3 nitrogen and oxygen atoms in total. The molecule has 2 N–H and O–H groups in total. The number of hydrogen-bond acceptors (Lipinski definition) is 2. The van der Waals surface area contributed by atoms with Crippen LogP contribution in [-0.2, 0) is 4.79 Å². The van der Waals surface area contributed by atoms with E-state index in [9.17, 15) is 4.79 Å². The summed E-state index contributed by atoms with van der Waals surface area (Å²) >= 11 is 0. The van der Waals surface area contributed by atoms with E-state index in [4.69, 9.17) is 5.73 Å². The van der Waals surface area contributed by atoms with Crippen LogP contribution in [0.5, 0.6) is 0 Å². The van der Waals surface area contributed by atoms with Crippen molar-refractivity contribution in [2.45, 2.75) is 27.2 Å². The minimum absolute atomic E-state index is 0.0472. The molecule has 2 atom stereocenters. The van der Waals surface area contributed by atoms with E-state index in [0.717, 1.165) is 13.0 Å². The quantitative estimate of drug-likeness (QED) is 0.698. The fourth-order valence-electron chi connectivity index (χ4n) is 1.16. The zero-order chi connectivity index (χ0) is 10.4. The Kier molecular flexibility index (Phi) is 5.71. The van der Waals surface area contributed by atoms with Gasteiger partial charge < -0.3 is 10.6 Å². The Morgan fingerprint density at radius 3 is 2.38 bits per heavy atom. The molecule has 0 aliphatic carbocycles. The van der Waals surface area contributed by atoms with E-state index in [1.54, 1.807) is 4.90 Å². The highest BCUT2D eigenvalue weighted by Gasteiger charge is 2.16. The van der Waals surface area contributed by atoms with Crippen LogP contribution in [0, 0.1) is 11.8 Å². The molecule has 0 heterocycles. The number of hydrogen-bond donors (Lipinski definition) is 1. The lowest BCUT2D eigenvalue weighted by molar-refractivity contribution is -0.133. The van der Waals surface area contributed by atoms with Crippen LogP contribution >= 0.6 is 0 Å². The van der Waals surface area contributed by atoms with E-state index < -0.39 is 0 Å². The molecule has 1 amide bonds. The normalized spacial score (nSPS) is 15.2. The number of carbonyl (C=O) groups is 1. The summed E-state index contributed by atoms with van der Waals surface area (Å²) in [5, 5.41) is 0. The lowest BCUT2D eigenvalue weighted by Crippen LogP contribution is -2.37. The predicted molar refractivity (Wildman–Crippen MR) is 55.3 cm³/mol. The number of nitrogens with zero attached hydrogens (tertiary/aromatic N) is 1. The summed E-state index contributed by atoms with van der Waals surface area (Å²) in [6.07, 6.45) is 1.11. The van der Waals surface area contributed by atoms with Gasteiger partial charge in [-0.1, -0.05) is 27.2 Å². The molecule has 0 rings (SSSR count). The van der Waals surface area contributed by atoms with E-state index in [2.05, 4.69) is 13.8 Å². The molecule has 0 aromatic heterocycles. The number of nitrogens with two attached hydrogens (primary N) is 1. The van der Waals surface area contributed by atoms with Crippen LogP contribution in [0.4, 0.5) is 0 Å². The maximum atomic E-state index is 11.6. The third kappa shape index (κ3) is 4.27. The van der Waals surface area contributed by atoms with Crippen LogP contribution < -0.4 is 5.73 Å². The third-order valence-corrected chi connectivity index (χ3v) is 2.43. The number of carbonyl (C=O) groups excluding carboxylic acids is 1. The molecule has 0 aromatic carbocycles. The van der Waals surface area contributed by atoms with Crippen LogP contribution in [0.15, 0.2) is 0 Å².